The van der Waals surface area contributed by atoms with E-state index in [1.54, 1.807) is 0 Å². The van der Waals surface area contributed by atoms with E-state index >= 15 is 0 Å². The van der Waals surface area contributed by atoms with E-state index in [4.69, 9.17) is 4.74 Å². The zero-order chi connectivity index (χ0) is 19.3. The normalized spacial score (nSPS) is 25.8. The van der Waals surface area contributed by atoms with Crippen molar-refractivity contribution in [3.05, 3.63) is 35.4 Å². The Bertz CT molecular complexity index is 634. The van der Waals surface area contributed by atoms with Gasteiger partial charge in [0.25, 0.3) is 0 Å². The molecule has 3 aliphatic heterocycles. The number of hydrogen-bond donors (Lipinski definition) is 0. The van der Waals surface area contributed by atoms with Crippen molar-refractivity contribution < 1.29 is 9.53 Å². The largest absolute Gasteiger partial charge is 0.378 e. The van der Waals surface area contributed by atoms with Gasteiger partial charge in [0.05, 0.1) is 19.1 Å². The molecule has 1 amide bonds. The smallest absolute Gasteiger partial charge is 0.227 e. The molecule has 1 atom stereocenters. The quantitative estimate of drug-likeness (QED) is 0.798. The van der Waals surface area contributed by atoms with Crippen molar-refractivity contribution in [1.82, 2.24) is 14.7 Å². The maximum Gasteiger partial charge on any atom is 0.227 e. The van der Waals surface area contributed by atoms with Gasteiger partial charge in [0, 0.05) is 32.2 Å². The predicted octanol–water partition coefficient (Wildman–Crippen LogP) is 2.53. The van der Waals surface area contributed by atoms with Crippen LogP contribution in [0.15, 0.2) is 24.3 Å². The summed E-state index contributed by atoms with van der Waals surface area (Å²) < 4.78 is 5.40. The number of rotatable bonds is 4. The Kier molecular flexibility index (Phi) is 6.65. The first-order valence-electron chi connectivity index (χ1n) is 11.1. The Balaban J connectivity index is 1.25. The average molecular weight is 386 g/mol. The van der Waals surface area contributed by atoms with Crippen molar-refractivity contribution in [2.75, 3.05) is 52.5 Å². The number of carbonyl (C=O) groups excluding carboxylic acids is 1. The van der Waals surface area contributed by atoms with Crippen LogP contribution in [0.5, 0.6) is 0 Å². The minimum Gasteiger partial charge on any atom is -0.378 e. The molecular weight excluding hydrogens is 350 g/mol. The van der Waals surface area contributed by atoms with Crippen LogP contribution in [0.1, 0.15) is 36.8 Å². The fourth-order valence-electron chi connectivity index (χ4n) is 4.98. The summed E-state index contributed by atoms with van der Waals surface area (Å²) in [6.45, 7) is 10.6. The maximum absolute atomic E-state index is 12.9. The fraction of sp³-hybridized carbons (Fsp3) is 0.696. The molecule has 1 aromatic carbocycles. The molecule has 28 heavy (non-hydrogen) atoms. The highest BCUT2D eigenvalue weighted by atomic mass is 16.5. The lowest BCUT2D eigenvalue weighted by Crippen LogP contribution is -2.52. The first-order chi connectivity index (χ1) is 13.7. The standard InChI is InChI=1S/C23H35N3O2/c1-19-4-6-20(7-5-19)17-24-11-8-22(9-12-24)26-10-2-3-21(18-26)23(27)25-13-15-28-16-14-25/h4-7,21-22H,2-3,8-18H2,1H3. The zero-order valence-electron chi connectivity index (χ0n) is 17.3. The summed E-state index contributed by atoms with van der Waals surface area (Å²) in [5.74, 6) is 0.558. The fourth-order valence-corrected chi connectivity index (χ4v) is 4.98. The van der Waals surface area contributed by atoms with Crippen LogP contribution >= 0.6 is 0 Å². The third kappa shape index (κ3) is 4.94. The van der Waals surface area contributed by atoms with E-state index in [0.717, 1.165) is 58.7 Å². The minimum absolute atomic E-state index is 0.192. The van der Waals surface area contributed by atoms with E-state index in [2.05, 4.69) is 41.0 Å². The van der Waals surface area contributed by atoms with Gasteiger partial charge >= 0.3 is 0 Å². The molecule has 3 saturated heterocycles. The molecule has 5 nitrogen and oxygen atoms in total. The number of likely N-dealkylation sites (tertiary alicyclic amines) is 2. The highest BCUT2D eigenvalue weighted by Crippen LogP contribution is 2.26. The molecule has 0 aliphatic carbocycles. The number of hydrogen-bond acceptors (Lipinski definition) is 4. The van der Waals surface area contributed by atoms with E-state index in [1.165, 1.54) is 24.0 Å². The second-order valence-electron chi connectivity index (χ2n) is 8.76. The van der Waals surface area contributed by atoms with Crippen LogP contribution in [0.25, 0.3) is 0 Å². The molecule has 0 aromatic heterocycles. The summed E-state index contributed by atoms with van der Waals surface area (Å²) in [5, 5.41) is 0. The van der Waals surface area contributed by atoms with E-state index < -0.39 is 0 Å². The molecule has 3 heterocycles. The third-order valence-electron chi connectivity index (χ3n) is 6.73. The lowest BCUT2D eigenvalue weighted by molar-refractivity contribution is -0.142. The first kappa shape index (κ1) is 19.9. The summed E-state index contributed by atoms with van der Waals surface area (Å²) in [5.41, 5.74) is 2.74. The van der Waals surface area contributed by atoms with Crippen LogP contribution in [0, 0.1) is 12.8 Å². The molecule has 1 unspecified atom stereocenters. The van der Waals surface area contributed by atoms with E-state index in [9.17, 15) is 4.79 Å². The second kappa shape index (κ2) is 9.38. The molecule has 0 saturated carbocycles. The molecule has 154 valence electrons. The third-order valence-corrected chi connectivity index (χ3v) is 6.73. The maximum atomic E-state index is 12.9. The van der Waals surface area contributed by atoms with Gasteiger partial charge in [-0.2, -0.15) is 0 Å². The van der Waals surface area contributed by atoms with Gasteiger partial charge in [-0.25, -0.2) is 0 Å². The molecule has 0 bridgehead atoms. The highest BCUT2D eigenvalue weighted by molar-refractivity contribution is 5.79. The predicted molar refractivity (Wildman–Crippen MR) is 111 cm³/mol. The van der Waals surface area contributed by atoms with Gasteiger partial charge in [-0.3, -0.25) is 14.6 Å². The van der Waals surface area contributed by atoms with Gasteiger partial charge in [0.1, 0.15) is 0 Å². The Labute approximate surface area is 169 Å². The van der Waals surface area contributed by atoms with Gasteiger partial charge in [-0.05, 0) is 57.8 Å². The van der Waals surface area contributed by atoms with Crippen LogP contribution in [0.3, 0.4) is 0 Å². The van der Waals surface area contributed by atoms with E-state index in [0.29, 0.717) is 25.2 Å². The van der Waals surface area contributed by atoms with Crippen molar-refractivity contribution in [2.24, 2.45) is 5.92 Å². The minimum atomic E-state index is 0.192. The molecule has 0 N–H and O–H groups in total. The van der Waals surface area contributed by atoms with Crippen LogP contribution in [-0.2, 0) is 16.1 Å². The van der Waals surface area contributed by atoms with Gasteiger partial charge in [0.15, 0.2) is 0 Å². The summed E-state index contributed by atoms with van der Waals surface area (Å²) in [4.78, 5) is 20.1. The van der Waals surface area contributed by atoms with E-state index in [-0.39, 0.29) is 5.92 Å². The lowest BCUT2D eigenvalue weighted by Gasteiger charge is -2.43. The summed E-state index contributed by atoms with van der Waals surface area (Å²) in [6, 6.07) is 9.58. The number of carbonyl (C=O) groups is 1. The van der Waals surface area contributed by atoms with Crippen LogP contribution in [0.4, 0.5) is 0 Å². The number of piperidine rings is 2. The van der Waals surface area contributed by atoms with Crippen LogP contribution in [0.2, 0.25) is 0 Å². The van der Waals surface area contributed by atoms with Gasteiger partial charge < -0.3 is 9.64 Å². The Hall–Kier alpha value is -1.43. The molecular formula is C23H35N3O2. The monoisotopic (exact) mass is 385 g/mol. The average Bonchev–Trinajstić information content (AvgIpc) is 2.76. The summed E-state index contributed by atoms with van der Waals surface area (Å²) in [7, 11) is 0. The number of amides is 1. The SMILES string of the molecule is Cc1ccc(CN2CCC(N3CCCC(C(=O)N4CCOCC4)C3)CC2)cc1. The Morgan fingerprint density at radius 2 is 1.71 bits per heavy atom. The van der Waals surface area contributed by atoms with Crippen molar-refractivity contribution in [3.63, 3.8) is 0 Å². The number of nitrogens with zero attached hydrogens (tertiary/aromatic N) is 3. The van der Waals surface area contributed by atoms with Gasteiger partial charge in [-0.15, -0.1) is 0 Å². The Morgan fingerprint density at radius 1 is 1.00 bits per heavy atom. The second-order valence-corrected chi connectivity index (χ2v) is 8.76. The lowest BCUT2D eigenvalue weighted by atomic mass is 9.92. The summed E-state index contributed by atoms with van der Waals surface area (Å²) >= 11 is 0. The number of aryl methyl sites for hydroxylation is 1. The van der Waals surface area contributed by atoms with E-state index in [1.807, 2.05) is 4.90 Å². The summed E-state index contributed by atoms with van der Waals surface area (Å²) in [6.07, 6.45) is 4.66. The number of ether oxygens (including phenoxy) is 1. The molecule has 5 heteroatoms. The van der Waals surface area contributed by atoms with Gasteiger partial charge in [-0.1, -0.05) is 29.8 Å². The molecule has 4 rings (SSSR count). The first-order valence-corrected chi connectivity index (χ1v) is 11.1. The molecule has 1 aromatic rings. The van der Waals surface area contributed by atoms with Crippen LogP contribution in [-0.4, -0.2) is 79.1 Å². The number of benzene rings is 1. The molecule has 0 spiro atoms. The topological polar surface area (TPSA) is 36.0 Å². The van der Waals surface area contributed by atoms with Crippen LogP contribution < -0.4 is 0 Å². The number of morpholine rings is 1. The van der Waals surface area contributed by atoms with Crippen molar-refractivity contribution in [2.45, 2.75) is 45.2 Å². The molecule has 3 fully saturated rings. The van der Waals surface area contributed by atoms with Gasteiger partial charge in [0.2, 0.25) is 5.91 Å². The highest BCUT2D eigenvalue weighted by Gasteiger charge is 2.33. The van der Waals surface area contributed by atoms with Crippen molar-refractivity contribution in [1.29, 1.82) is 0 Å². The molecule has 3 aliphatic rings. The Morgan fingerprint density at radius 3 is 2.43 bits per heavy atom. The van der Waals surface area contributed by atoms with Crippen molar-refractivity contribution in [3.8, 4) is 0 Å². The molecule has 0 radical (unpaired) electrons. The van der Waals surface area contributed by atoms with Crippen molar-refractivity contribution >= 4 is 5.91 Å². The zero-order valence-corrected chi connectivity index (χ0v) is 17.3.